The maximum atomic E-state index is 12.4. The van der Waals surface area contributed by atoms with Crippen LogP contribution in [-0.4, -0.2) is 38.8 Å². The van der Waals surface area contributed by atoms with Gasteiger partial charge in [0.05, 0.1) is 0 Å². The smallest absolute Gasteiger partial charge is 0.225 e. The van der Waals surface area contributed by atoms with Gasteiger partial charge in [-0.1, -0.05) is 13.8 Å². The monoisotopic (exact) mass is 268 g/mol. The van der Waals surface area contributed by atoms with Crippen molar-refractivity contribution in [2.24, 2.45) is 17.3 Å². The molecule has 4 heteroatoms. The van der Waals surface area contributed by atoms with E-state index in [1.165, 1.54) is 6.42 Å². The van der Waals surface area contributed by atoms with E-state index in [0.29, 0.717) is 11.8 Å². The second-order valence-electron chi connectivity index (χ2n) is 6.53. The molecule has 1 unspecified atom stereocenters. The summed E-state index contributed by atoms with van der Waals surface area (Å²) in [6, 6.07) is 0. The first-order valence-electron chi connectivity index (χ1n) is 7.67. The molecule has 2 fully saturated rings. The third-order valence-corrected chi connectivity index (χ3v) is 4.79. The van der Waals surface area contributed by atoms with Crippen molar-refractivity contribution < 1.29 is 9.53 Å². The Morgan fingerprint density at radius 1 is 1.32 bits per heavy atom. The molecule has 110 valence electrons. The topological polar surface area (TPSA) is 50.4 Å². The Morgan fingerprint density at radius 3 is 2.68 bits per heavy atom. The zero-order valence-corrected chi connectivity index (χ0v) is 12.3. The maximum Gasteiger partial charge on any atom is 0.225 e. The van der Waals surface area contributed by atoms with Gasteiger partial charge in [-0.15, -0.1) is 0 Å². The number of carbonyl (C=O) groups excluding carboxylic acids is 1. The average molecular weight is 268 g/mol. The zero-order chi connectivity index (χ0) is 13.7. The summed E-state index contributed by atoms with van der Waals surface area (Å²) in [4.78, 5) is 12.4. The number of rotatable bonds is 4. The molecule has 0 aromatic heterocycles. The van der Waals surface area contributed by atoms with Crippen LogP contribution in [0.1, 0.15) is 39.5 Å². The molecule has 0 aliphatic carbocycles. The molecule has 0 radical (unpaired) electrons. The summed E-state index contributed by atoms with van der Waals surface area (Å²) < 4.78 is 5.35. The molecule has 1 amide bonds. The highest BCUT2D eigenvalue weighted by molar-refractivity contribution is 5.82. The molecule has 19 heavy (non-hydrogen) atoms. The molecule has 2 saturated heterocycles. The Bertz CT molecular complexity index is 293. The largest absolute Gasteiger partial charge is 0.381 e. The molecule has 0 aromatic rings. The molecule has 2 aliphatic rings. The van der Waals surface area contributed by atoms with E-state index in [0.717, 1.165) is 52.1 Å². The van der Waals surface area contributed by atoms with Gasteiger partial charge < -0.3 is 15.4 Å². The summed E-state index contributed by atoms with van der Waals surface area (Å²) in [6.07, 6.45) is 4.49. The number of hydrogen-bond acceptors (Lipinski definition) is 3. The van der Waals surface area contributed by atoms with E-state index in [-0.39, 0.29) is 11.3 Å². The third-order valence-electron chi connectivity index (χ3n) is 4.79. The SMILES string of the molecule is CC(C)(C(=O)NCC1CCOCC1)C1CCCNC1. The minimum Gasteiger partial charge on any atom is -0.381 e. The van der Waals surface area contributed by atoms with Crippen LogP contribution in [0.3, 0.4) is 0 Å². The minimum absolute atomic E-state index is 0.215. The van der Waals surface area contributed by atoms with E-state index >= 15 is 0 Å². The summed E-state index contributed by atoms with van der Waals surface area (Å²) in [5.41, 5.74) is -0.265. The van der Waals surface area contributed by atoms with Gasteiger partial charge in [-0.2, -0.15) is 0 Å². The van der Waals surface area contributed by atoms with Gasteiger partial charge in [0.25, 0.3) is 0 Å². The number of ether oxygens (including phenoxy) is 1. The molecule has 1 atom stereocenters. The zero-order valence-electron chi connectivity index (χ0n) is 12.3. The Morgan fingerprint density at radius 2 is 2.05 bits per heavy atom. The standard InChI is InChI=1S/C15H28N2O2/c1-15(2,13-4-3-7-16-11-13)14(18)17-10-12-5-8-19-9-6-12/h12-13,16H,3-11H2,1-2H3,(H,17,18). The summed E-state index contributed by atoms with van der Waals surface area (Å²) >= 11 is 0. The summed E-state index contributed by atoms with van der Waals surface area (Å²) in [7, 11) is 0. The Hall–Kier alpha value is -0.610. The van der Waals surface area contributed by atoms with Gasteiger partial charge >= 0.3 is 0 Å². The van der Waals surface area contributed by atoms with E-state index < -0.39 is 0 Å². The molecule has 2 rings (SSSR count). The first kappa shape index (κ1) is 14.8. The summed E-state index contributed by atoms with van der Waals surface area (Å²) in [5.74, 6) is 1.27. The lowest BCUT2D eigenvalue weighted by molar-refractivity contribution is -0.132. The van der Waals surface area contributed by atoms with Crippen molar-refractivity contribution in [2.45, 2.75) is 39.5 Å². The molecule has 0 bridgehead atoms. The number of carbonyl (C=O) groups is 1. The van der Waals surface area contributed by atoms with Crippen LogP contribution in [0, 0.1) is 17.3 Å². The van der Waals surface area contributed by atoms with Gasteiger partial charge in [0, 0.05) is 25.2 Å². The van der Waals surface area contributed by atoms with Gasteiger partial charge in [-0.05, 0) is 50.6 Å². The number of amides is 1. The van der Waals surface area contributed by atoms with Crippen LogP contribution >= 0.6 is 0 Å². The van der Waals surface area contributed by atoms with Gasteiger partial charge in [-0.25, -0.2) is 0 Å². The van der Waals surface area contributed by atoms with E-state index in [1.54, 1.807) is 0 Å². The fourth-order valence-electron chi connectivity index (χ4n) is 3.07. The highest BCUT2D eigenvalue weighted by atomic mass is 16.5. The van der Waals surface area contributed by atoms with Crippen molar-refractivity contribution in [2.75, 3.05) is 32.8 Å². The minimum atomic E-state index is -0.265. The van der Waals surface area contributed by atoms with Crippen molar-refractivity contribution in [3.63, 3.8) is 0 Å². The van der Waals surface area contributed by atoms with Crippen LogP contribution in [0.25, 0.3) is 0 Å². The van der Waals surface area contributed by atoms with Crippen molar-refractivity contribution in [1.82, 2.24) is 10.6 Å². The second-order valence-corrected chi connectivity index (χ2v) is 6.53. The quantitative estimate of drug-likeness (QED) is 0.813. The summed E-state index contributed by atoms with van der Waals surface area (Å²) in [6.45, 7) is 8.74. The molecular weight excluding hydrogens is 240 g/mol. The van der Waals surface area contributed by atoms with Crippen LogP contribution < -0.4 is 10.6 Å². The van der Waals surface area contributed by atoms with Gasteiger partial charge in [-0.3, -0.25) is 4.79 Å². The van der Waals surface area contributed by atoms with E-state index in [1.807, 2.05) is 0 Å². The average Bonchev–Trinajstić information content (AvgIpc) is 2.46. The van der Waals surface area contributed by atoms with Gasteiger partial charge in [0.2, 0.25) is 5.91 Å². The fraction of sp³-hybridized carbons (Fsp3) is 0.933. The molecule has 2 heterocycles. The predicted molar refractivity (Wildman–Crippen MR) is 75.9 cm³/mol. The Labute approximate surface area is 116 Å². The third kappa shape index (κ3) is 3.93. The van der Waals surface area contributed by atoms with Crippen molar-refractivity contribution in [1.29, 1.82) is 0 Å². The fourth-order valence-corrected chi connectivity index (χ4v) is 3.07. The van der Waals surface area contributed by atoms with Crippen LogP contribution in [0.15, 0.2) is 0 Å². The molecule has 4 nitrogen and oxygen atoms in total. The van der Waals surface area contributed by atoms with Gasteiger partial charge in [0.1, 0.15) is 0 Å². The van der Waals surface area contributed by atoms with Crippen molar-refractivity contribution >= 4 is 5.91 Å². The normalized spacial score (nSPS) is 26.1. The number of piperidine rings is 1. The van der Waals surface area contributed by atoms with E-state index in [4.69, 9.17) is 4.74 Å². The highest BCUT2D eigenvalue weighted by Crippen LogP contribution is 2.32. The Balaban J connectivity index is 1.79. The molecule has 0 aromatic carbocycles. The number of hydrogen-bond donors (Lipinski definition) is 2. The maximum absolute atomic E-state index is 12.4. The lowest BCUT2D eigenvalue weighted by Crippen LogP contribution is -2.48. The van der Waals surface area contributed by atoms with Crippen LogP contribution in [-0.2, 0) is 9.53 Å². The van der Waals surface area contributed by atoms with E-state index in [9.17, 15) is 4.79 Å². The predicted octanol–water partition coefficient (Wildman–Crippen LogP) is 1.56. The molecule has 2 aliphatic heterocycles. The van der Waals surface area contributed by atoms with Crippen LogP contribution in [0.4, 0.5) is 0 Å². The molecule has 2 N–H and O–H groups in total. The molecule has 0 saturated carbocycles. The highest BCUT2D eigenvalue weighted by Gasteiger charge is 2.37. The van der Waals surface area contributed by atoms with Gasteiger partial charge in [0.15, 0.2) is 0 Å². The van der Waals surface area contributed by atoms with Crippen molar-refractivity contribution in [3.8, 4) is 0 Å². The van der Waals surface area contributed by atoms with Crippen LogP contribution in [0.2, 0.25) is 0 Å². The van der Waals surface area contributed by atoms with Crippen LogP contribution in [0.5, 0.6) is 0 Å². The summed E-state index contributed by atoms with van der Waals surface area (Å²) in [5, 5.41) is 6.57. The second kappa shape index (κ2) is 6.71. The van der Waals surface area contributed by atoms with E-state index in [2.05, 4.69) is 24.5 Å². The Kier molecular flexibility index (Phi) is 5.22. The first-order valence-corrected chi connectivity index (χ1v) is 7.67. The lowest BCUT2D eigenvalue weighted by Gasteiger charge is -2.36. The lowest BCUT2D eigenvalue weighted by atomic mass is 9.74. The molecular formula is C15H28N2O2. The van der Waals surface area contributed by atoms with Crippen molar-refractivity contribution in [3.05, 3.63) is 0 Å². The first-order chi connectivity index (χ1) is 9.10. The number of nitrogens with one attached hydrogen (secondary N) is 2. The molecule has 0 spiro atoms.